The molecule has 0 bridgehead atoms. The molecule has 3 N–H and O–H groups in total. The second-order valence-electron chi connectivity index (χ2n) is 6.05. The van der Waals surface area contributed by atoms with Crippen LogP contribution in [0.2, 0.25) is 0 Å². The van der Waals surface area contributed by atoms with Crippen LogP contribution in [-0.4, -0.2) is 42.9 Å². The Balaban J connectivity index is 0.00000529. The smallest absolute Gasteiger partial charge is 0.191 e. The largest absolute Gasteiger partial charge is 0.389 e. The molecular formula is C18H32IN3O2. The minimum absolute atomic E-state index is 0. The number of nitrogens with zero attached hydrogens (tertiary/aromatic N) is 1. The minimum Gasteiger partial charge on any atom is -0.389 e. The van der Waals surface area contributed by atoms with Gasteiger partial charge in [-0.1, -0.05) is 44.2 Å². The van der Waals surface area contributed by atoms with Crippen LogP contribution in [0.5, 0.6) is 0 Å². The van der Waals surface area contributed by atoms with E-state index < -0.39 is 6.10 Å². The Hall–Kier alpha value is -0.860. The summed E-state index contributed by atoms with van der Waals surface area (Å²) in [4.78, 5) is 4.43. The summed E-state index contributed by atoms with van der Waals surface area (Å²) in [6.07, 6.45) is -0.608. The molecule has 6 heteroatoms. The zero-order valence-corrected chi connectivity index (χ0v) is 17.5. The average Bonchev–Trinajstić information content (AvgIpc) is 2.53. The van der Waals surface area contributed by atoms with E-state index in [0.29, 0.717) is 25.1 Å². The molecule has 0 aliphatic carbocycles. The molecule has 1 aromatic rings. The summed E-state index contributed by atoms with van der Waals surface area (Å²) in [6.45, 7) is 10.3. The molecule has 0 fully saturated rings. The molecule has 0 saturated carbocycles. The fourth-order valence-corrected chi connectivity index (χ4v) is 1.84. The SMILES string of the molecule is CCNC(=NCC(O)COCc1ccccc1)NC(C)C(C)C.I. The Kier molecular flexibility index (Phi) is 13.0. The Bertz CT molecular complexity index is 455. The first kappa shape index (κ1) is 23.1. The van der Waals surface area contributed by atoms with Gasteiger partial charge in [-0.2, -0.15) is 0 Å². The normalized spacial score (nSPS) is 14.0. The number of guanidine groups is 1. The maximum atomic E-state index is 10.00. The number of ether oxygens (including phenoxy) is 1. The van der Waals surface area contributed by atoms with Crippen LogP contribution in [0.25, 0.3) is 0 Å². The third kappa shape index (κ3) is 10.1. The molecule has 0 spiro atoms. The molecule has 1 aromatic carbocycles. The van der Waals surface area contributed by atoms with Gasteiger partial charge in [0.1, 0.15) is 0 Å². The summed E-state index contributed by atoms with van der Waals surface area (Å²) in [5.41, 5.74) is 1.10. The Morgan fingerprint density at radius 2 is 1.88 bits per heavy atom. The zero-order valence-electron chi connectivity index (χ0n) is 15.2. The minimum atomic E-state index is -0.608. The lowest BCUT2D eigenvalue weighted by molar-refractivity contribution is 0.0331. The van der Waals surface area contributed by atoms with Gasteiger partial charge in [0.05, 0.1) is 25.9 Å². The number of hydrogen-bond donors (Lipinski definition) is 3. The molecule has 0 radical (unpaired) electrons. The number of benzene rings is 1. The van der Waals surface area contributed by atoms with E-state index in [0.717, 1.165) is 18.1 Å². The van der Waals surface area contributed by atoms with E-state index in [4.69, 9.17) is 4.74 Å². The van der Waals surface area contributed by atoms with Gasteiger partial charge in [-0.05, 0) is 25.3 Å². The molecule has 2 atom stereocenters. The van der Waals surface area contributed by atoms with E-state index in [1.165, 1.54) is 0 Å². The maximum absolute atomic E-state index is 10.00. The molecule has 24 heavy (non-hydrogen) atoms. The molecule has 5 nitrogen and oxygen atoms in total. The van der Waals surface area contributed by atoms with Crippen molar-refractivity contribution in [3.05, 3.63) is 35.9 Å². The van der Waals surface area contributed by atoms with E-state index >= 15 is 0 Å². The summed E-state index contributed by atoms with van der Waals surface area (Å²) in [5, 5.41) is 16.5. The van der Waals surface area contributed by atoms with Crippen LogP contribution in [0.4, 0.5) is 0 Å². The van der Waals surface area contributed by atoms with Crippen LogP contribution in [0.1, 0.15) is 33.3 Å². The first-order valence-corrected chi connectivity index (χ1v) is 8.37. The quantitative estimate of drug-likeness (QED) is 0.308. The van der Waals surface area contributed by atoms with Crippen molar-refractivity contribution in [2.24, 2.45) is 10.9 Å². The van der Waals surface area contributed by atoms with E-state index in [1.54, 1.807) is 0 Å². The van der Waals surface area contributed by atoms with E-state index in [1.807, 2.05) is 37.3 Å². The number of hydrogen-bond acceptors (Lipinski definition) is 3. The number of rotatable bonds is 9. The summed E-state index contributed by atoms with van der Waals surface area (Å²) < 4.78 is 5.53. The first-order valence-electron chi connectivity index (χ1n) is 8.37. The topological polar surface area (TPSA) is 65.9 Å². The van der Waals surface area contributed by atoms with Crippen LogP contribution in [0.3, 0.4) is 0 Å². The van der Waals surface area contributed by atoms with Crippen LogP contribution in [0, 0.1) is 5.92 Å². The van der Waals surface area contributed by atoms with Gasteiger partial charge in [-0.15, -0.1) is 24.0 Å². The lowest BCUT2D eigenvalue weighted by Gasteiger charge is -2.21. The highest BCUT2D eigenvalue weighted by Crippen LogP contribution is 2.02. The van der Waals surface area contributed by atoms with Crippen molar-refractivity contribution in [1.29, 1.82) is 0 Å². The van der Waals surface area contributed by atoms with Crippen LogP contribution >= 0.6 is 24.0 Å². The molecule has 2 unspecified atom stereocenters. The number of aliphatic hydroxyl groups is 1. The van der Waals surface area contributed by atoms with Gasteiger partial charge in [0.25, 0.3) is 0 Å². The van der Waals surface area contributed by atoms with Crippen molar-refractivity contribution in [3.63, 3.8) is 0 Å². The molecule has 138 valence electrons. The molecule has 0 aromatic heterocycles. The van der Waals surface area contributed by atoms with E-state index in [2.05, 4.69) is 36.4 Å². The van der Waals surface area contributed by atoms with Crippen molar-refractivity contribution < 1.29 is 9.84 Å². The molecule has 0 aliphatic rings. The van der Waals surface area contributed by atoms with Gasteiger partial charge < -0.3 is 20.5 Å². The number of nitrogens with one attached hydrogen (secondary N) is 2. The summed E-state index contributed by atoms with van der Waals surface area (Å²) in [5.74, 6) is 1.24. The first-order chi connectivity index (χ1) is 11.0. The Morgan fingerprint density at radius 3 is 2.46 bits per heavy atom. The predicted octanol–water partition coefficient (Wildman–Crippen LogP) is 2.78. The van der Waals surface area contributed by atoms with Gasteiger partial charge in [-0.3, -0.25) is 4.99 Å². The van der Waals surface area contributed by atoms with Crippen LogP contribution in [-0.2, 0) is 11.3 Å². The monoisotopic (exact) mass is 449 g/mol. The van der Waals surface area contributed by atoms with E-state index in [9.17, 15) is 5.11 Å². The molecule has 0 saturated heterocycles. The summed E-state index contributed by atoms with van der Waals surface area (Å²) in [7, 11) is 0. The fraction of sp³-hybridized carbons (Fsp3) is 0.611. The Morgan fingerprint density at radius 1 is 1.21 bits per heavy atom. The lowest BCUT2D eigenvalue weighted by atomic mass is 10.1. The number of aliphatic hydroxyl groups excluding tert-OH is 1. The molecule has 0 heterocycles. The van der Waals surface area contributed by atoms with Gasteiger partial charge in [-0.25, -0.2) is 0 Å². The third-order valence-corrected chi connectivity index (χ3v) is 3.59. The summed E-state index contributed by atoms with van der Waals surface area (Å²) in [6, 6.07) is 10.3. The van der Waals surface area contributed by atoms with Gasteiger partial charge in [0, 0.05) is 12.6 Å². The highest BCUT2D eigenvalue weighted by molar-refractivity contribution is 14.0. The second kappa shape index (κ2) is 13.4. The Labute approximate surface area is 163 Å². The molecular weight excluding hydrogens is 417 g/mol. The average molecular weight is 449 g/mol. The third-order valence-electron chi connectivity index (χ3n) is 3.59. The molecule has 0 amide bonds. The fourth-order valence-electron chi connectivity index (χ4n) is 1.84. The highest BCUT2D eigenvalue weighted by Gasteiger charge is 2.10. The molecule has 1 rings (SSSR count). The van der Waals surface area contributed by atoms with Gasteiger partial charge >= 0.3 is 0 Å². The maximum Gasteiger partial charge on any atom is 0.191 e. The lowest BCUT2D eigenvalue weighted by Crippen LogP contribution is -2.44. The van der Waals surface area contributed by atoms with Crippen molar-refractivity contribution >= 4 is 29.9 Å². The van der Waals surface area contributed by atoms with Crippen LogP contribution in [0.15, 0.2) is 35.3 Å². The van der Waals surface area contributed by atoms with Crippen LogP contribution < -0.4 is 10.6 Å². The number of halogens is 1. The highest BCUT2D eigenvalue weighted by atomic mass is 127. The number of aliphatic imine (C=N–C) groups is 1. The standard InChI is InChI=1S/C18H31N3O2.HI/c1-5-19-18(21-15(4)14(2)3)20-11-17(22)13-23-12-16-9-7-6-8-10-16;/h6-10,14-15,17,22H,5,11-13H2,1-4H3,(H2,19,20,21);1H. The van der Waals surface area contributed by atoms with Gasteiger partial charge in [0.15, 0.2) is 5.96 Å². The van der Waals surface area contributed by atoms with Crippen molar-refractivity contribution in [3.8, 4) is 0 Å². The van der Waals surface area contributed by atoms with Crippen molar-refractivity contribution in [1.82, 2.24) is 10.6 Å². The van der Waals surface area contributed by atoms with Gasteiger partial charge in [0.2, 0.25) is 0 Å². The van der Waals surface area contributed by atoms with Crippen molar-refractivity contribution in [2.75, 3.05) is 19.7 Å². The summed E-state index contributed by atoms with van der Waals surface area (Å²) >= 11 is 0. The molecule has 0 aliphatic heterocycles. The van der Waals surface area contributed by atoms with Crippen molar-refractivity contribution in [2.45, 2.75) is 46.4 Å². The second-order valence-corrected chi connectivity index (χ2v) is 6.05. The van der Waals surface area contributed by atoms with E-state index in [-0.39, 0.29) is 30.6 Å². The zero-order chi connectivity index (χ0) is 17.1. The predicted molar refractivity (Wildman–Crippen MR) is 111 cm³/mol.